The zero-order valence-corrected chi connectivity index (χ0v) is 8.75. The Bertz CT molecular complexity index is 242. The molecule has 0 aromatic carbocycles. The second kappa shape index (κ2) is 4.35. The fraction of sp³-hybridized carbons (Fsp3) is 0.636. The maximum atomic E-state index is 4.34. The van der Waals surface area contributed by atoms with E-state index in [0.717, 1.165) is 5.69 Å². The quantitative estimate of drug-likeness (QED) is 0.708. The monoisotopic (exact) mass is 178 g/mol. The summed E-state index contributed by atoms with van der Waals surface area (Å²) in [4.78, 5) is 8.44. The van der Waals surface area contributed by atoms with Crippen molar-refractivity contribution in [2.45, 2.75) is 45.4 Å². The number of hydrogen-bond donors (Lipinski definition) is 0. The standard InChI is InChI=1S/C11H18N2/c1-4-5-6-11(2,3)10-9-12-7-8-13-10/h7-9H,4-6H2,1-3H3. The summed E-state index contributed by atoms with van der Waals surface area (Å²) < 4.78 is 0. The van der Waals surface area contributed by atoms with Gasteiger partial charge in [0.25, 0.3) is 0 Å². The Hall–Kier alpha value is -0.920. The van der Waals surface area contributed by atoms with E-state index in [4.69, 9.17) is 0 Å². The highest BCUT2D eigenvalue weighted by Gasteiger charge is 2.20. The van der Waals surface area contributed by atoms with Crippen molar-refractivity contribution in [2.24, 2.45) is 0 Å². The molecule has 0 fully saturated rings. The maximum absolute atomic E-state index is 4.34. The summed E-state index contributed by atoms with van der Waals surface area (Å²) in [6.07, 6.45) is 9.04. The van der Waals surface area contributed by atoms with Crippen molar-refractivity contribution in [3.8, 4) is 0 Å². The van der Waals surface area contributed by atoms with Gasteiger partial charge in [-0.25, -0.2) is 0 Å². The topological polar surface area (TPSA) is 25.8 Å². The second-order valence-electron chi connectivity index (χ2n) is 4.08. The molecule has 0 saturated heterocycles. The molecule has 0 spiro atoms. The van der Waals surface area contributed by atoms with Gasteiger partial charge >= 0.3 is 0 Å². The number of rotatable bonds is 4. The van der Waals surface area contributed by atoms with E-state index in [2.05, 4.69) is 30.7 Å². The SMILES string of the molecule is CCCCC(C)(C)c1cnccn1. The molecule has 0 aliphatic carbocycles. The molecule has 0 saturated carbocycles. The van der Waals surface area contributed by atoms with Gasteiger partial charge < -0.3 is 0 Å². The van der Waals surface area contributed by atoms with Crippen LogP contribution in [0, 0.1) is 0 Å². The van der Waals surface area contributed by atoms with Crippen LogP contribution < -0.4 is 0 Å². The van der Waals surface area contributed by atoms with Crippen molar-refractivity contribution in [2.75, 3.05) is 0 Å². The molecule has 1 heterocycles. The Kier molecular flexibility index (Phi) is 3.40. The van der Waals surface area contributed by atoms with Crippen molar-refractivity contribution in [1.29, 1.82) is 0 Å². The van der Waals surface area contributed by atoms with Gasteiger partial charge in [0.05, 0.1) is 5.69 Å². The predicted molar refractivity (Wildman–Crippen MR) is 54.6 cm³/mol. The predicted octanol–water partition coefficient (Wildman–Crippen LogP) is 2.94. The highest BCUT2D eigenvalue weighted by atomic mass is 14.8. The molecule has 72 valence electrons. The highest BCUT2D eigenvalue weighted by molar-refractivity contribution is 5.09. The van der Waals surface area contributed by atoms with Gasteiger partial charge in [-0.15, -0.1) is 0 Å². The molecule has 1 aromatic rings. The molecular formula is C11H18N2. The van der Waals surface area contributed by atoms with Gasteiger partial charge in [0.2, 0.25) is 0 Å². The molecule has 0 unspecified atom stereocenters. The average molecular weight is 178 g/mol. The first-order valence-electron chi connectivity index (χ1n) is 4.93. The van der Waals surface area contributed by atoms with E-state index in [-0.39, 0.29) is 5.41 Å². The molecule has 2 nitrogen and oxygen atoms in total. The molecule has 0 amide bonds. The van der Waals surface area contributed by atoms with E-state index >= 15 is 0 Å². The fourth-order valence-corrected chi connectivity index (χ4v) is 1.40. The normalized spacial score (nSPS) is 11.6. The minimum Gasteiger partial charge on any atom is -0.261 e. The third-order valence-electron chi connectivity index (χ3n) is 2.41. The van der Waals surface area contributed by atoms with Gasteiger partial charge in [-0.2, -0.15) is 0 Å². The van der Waals surface area contributed by atoms with Crippen LogP contribution in [0.4, 0.5) is 0 Å². The Morgan fingerprint density at radius 1 is 1.31 bits per heavy atom. The van der Waals surface area contributed by atoms with Crippen molar-refractivity contribution in [1.82, 2.24) is 9.97 Å². The zero-order valence-electron chi connectivity index (χ0n) is 8.75. The van der Waals surface area contributed by atoms with Gasteiger partial charge in [0.1, 0.15) is 0 Å². The fourth-order valence-electron chi connectivity index (χ4n) is 1.40. The average Bonchev–Trinajstić information content (AvgIpc) is 2.16. The van der Waals surface area contributed by atoms with Gasteiger partial charge in [0, 0.05) is 24.0 Å². The molecule has 0 aliphatic heterocycles. The van der Waals surface area contributed by atoms with Gasteiger partial charge in [-0.1, -0.05) is 33.6 Å². The zero-order chi connectivity index (χ0) is 9.73. The van der Waals surface area contributed by atoms with Gasteiger partial charge in [-0.3, -0.25) is 9.97 Å². The van der Waals surface area contributed by atoms with Crippen molar-refractivity contribution < 1.29 is 0 Å². The lowest BCUT2D eigenvalue weighted by Gasteiger charge is -2.22. The molecule has 0 atom stereocenters. The summed E-state index contributed by atoms with van der Waals surface area (Å²) in [5.41, 5.74) is 1.27. The van der Waals surface area contributed by atoms with Crippen LogP contribution in [0.1, 0.15) is 45.7 Å². The molecule has 0 bridgehead atoms. The van der Waals surface area contributed by atoms with Crippen LogP contribution in [-0.4, -0.2) is 9.97 Å². The largest absolute Gasteiger partial charge is 0.261 e. The first-order valence-corrected chi connectivity index (χ1v) is 4.93. The van der Waals surface area contributed by atoms with Crippen molar-refractivity contribution in [3.05, 3.63) is 24.3 Å². The van der Waals surface area contributed by atoms with E-state index in [9.17, 15) is 0 Å². The molecule has 1 rings (SSSR count). The van der Waals surface area contributed by atoms with Crippen LogP contribution >= 0.6 is 0 Å². The summed E-state index contributed by atoms with van der Waals surface area (Å²) >= 11 is 0. The van der Waals surface area contributed by atoms with Crippen molar-refractivity contribution in [3.63, 3.8) is 0 Å². The van der Waals surface area contributed by atoms with Crippen LogP contribution in [0.25, 0.3) is 0 Å². The number of aromatic nitrogens is 2. The van der Waals surface area contributed by atoms with Crippen LogP contribution in [0.15, 0.2) is 18.6 Å². The van der Waals surface area contributed by atoms with Crippen LogP contribution in [0.2, 0.25) is 0 Å². The maximum Gasteiger partial charge on any atom is 0.0642 e. The smallest absolute Gasteiger partial charge is 0.0642 e. The molecule has 0 radical (unpaired) electrons. The van der Waals surface area contributed by atoms with E-state index in [0.29, 0.717) is 0 Å². The molecule has 0 aliphatic rings. The Morgan fingerprint density at radius 2 is 2.08 bits per heavy atom. The lowest BCUT2D eigenvalue weighted by atomic mass is 9.84. The first kappa shape index (κ1) is 10.2. The minimum atomic E-state index is 0.171. The van der Waals surface area contributed by atoms with E-state index in [1.807, 2.05) is 6.20 Å². The van der Waals surface area contributed by atoms with Crippen LogP contribution in [0.3, 0.4) is 0 Å². The van der Waals surface area contributed by atoms with E-state index in [1.54, 1.807) is 12.4 Å². The summed E-state index contributed by atoms with van der Waals surface area (Å²) in [5.74, 6) is 0. The van der Waals surface area contributed by atoms with E-state index < -0.39 is 0 Å². The third kappa shape index (κ3) is 2.79. The van der Waals surface area contributed by atoms with Gasteiger partial charge in [0.15, 0.2) is 0 Å². The number of nitrogens with zero attached hydrogens (tertiary/aromatic N) is 2. The minimum absolute atomic E-state index is 0.171. The van der Waals surface area contributed by atoms with Crippen LogP contribution in [0.5, 0.6) is 0 Å². The third-order valence-corrected chi connectivity index (χ3v) is 2.41. The molecule has 13 heavy (non-hydrogen) atoms. The Morgan fingerprint density at radius 3 is 2.62 bits per heavy atom. The Labute approximate surface area is 80.4 Å². The molecule has 1 aromatic heterocycles. The summed E-state index contributed by atoms with van der Waals surface area (Å²) in [5, 5.41) is 0. The highest BCUT2D eigenvalue weighted by Crippen LogP contribution is 2.26. The summed E-state index contributed by atoms with van der Waals surface area (Å²) in [7, 11) is 0. The summed E-state index contributed by atoms with van der Waals surface area (Å²) in [6, 6.07) is 0. The first-order chi connectivity index (χ1) is 6.17. The Balaban J connectivity index is 2.69. The van der Waals surface area contributed by atoms with E-state index in [1.165, 1.54) is 19.3 Å². The number of unbranched alkanes of at least 4 members (excludes halogenated alkanes) is 1. The lowest BCUT2D eigenvalue weighted by molar-refractivity contribution is 0.444. The molecule has 2 heteroatoms. The molecule has 0 N–H and O–H groups in total. The lowest BCUT2D eigenvalue weighted by Crippen LogP contribution is -2.18. The number of hydrogen-bond acceptors (Lipinski definition) is 2. The van der Waals surface area contributed by atoms with Gasteiger partial charge in [-0.05, 0) is 6.42 Å². The molecular weight excluding hydrogens is 160 g/mol. The van der Waals surface area contributed by atoms with Crippen LogP contribution in [-0.2, 0) is 5.41 Å². The second-order valence-corrected chi connectivity index (χ2v) is 4.08. The van der Waals surface area contributed by atoms with Crippen molar-refractivity contribution >= 4 is 0 Å². The summed E-state index contributed by atoms with van der Waals surface area (Å²) in [6.45, 7) is 6.67.